The van der Waals surface area contributed by atoms with Gasteiger partial charge in [0.05, 0.1) is 18.3 Å². The molecule has 0 radical (unpaired) electrons. The van der Waals surface area contributed by atoms with E-state index in [0.29, 0.717) is 6.54 Å². The molecule has 0 saturated heterocycles. The van der Waals surface area contributed by atoms with Gasteiger partial charge in [0.1, 0.15) is 11.4 Å². The lowest BCUT2D eigenvalue weighted by Gasteiger charge is -2.13. The quantitative estimate of drug-likeness (QED) is 0.765. The molecule has 0 unspecified atom stereocenters. The minimum Gasteiger partial charge on any atom is -0.320 e. The smallest absolute Gasteiger partial charge is 0.104 e. The van der Waals surface area contributed by atoms with Crippen LogP contribution in [0.4, 0.5) is 0 Å². The molecule has 2 heterocycles. The van der Waals surface area contributed by atoms with Crippen molar-refractivity contribution in [3.8, 4) is 0 Å². The van der Waals surface area contributed by atoms with Crippen LogP contribution in [0, 0.1) is 0 Å². The maximum Gasteiger partial charge on any atom is 0.104 e. The number of rotatable bonds is 3. The van der Waals surface area contributed by atoms with E-state index in [1.165, 1.54) is 0 Å². The summed E-state index contributed by atoms with van der Waals surface area (Å²) in [6.07, 6.45) is 3.67. The Hall–Kier alpha value is -1.76. The predicted octanol–water partition coefficient (Wildman–Crippen LogP) is -0.351. The van der Waals surface area contributed by atoms with E-state index in [0.717, 1.165) is 11.4 Å². The first-order valence-corrected chi connectivity index (χ1v) is 5.00. The molecule has 0 saturated carbocycles. The molecular formula is C9H15N7. The summed E-state index contributed by atoms with van der Waals surface area (Å²) in [6.45, 7) is 4.34. The third-order valence-electron chi connectivity index (χ3n) is 2.17. The predicted molar refractivity (Wildman–Crippen MR) is 57.3 cm³/mol. The van der Waals surface area contributed by atoms with Crippen LogP contribution < -0.4 is 5.73 Å². The summed E-state index contributed by atoms with van der Waals surface area (Å²) in [4.78, 5) is 0. The van der Waals surface area contributed by atoms with Crippen molar-refractivity contribution in [1.82, 2.24) is 30.0 Å². The van der Waals surface area contributed by atoms with Crippen molar-refractivity contribution < 1.29 is 0 Å². The van der Waals surface area contributed by atoms with Crippen molar-refractivity contribution in [3.05, 3.63) is 23.8 Å². The normalized spacial score (nSPS) is 12.0. The van der Waals surface area contributed by atoms with E-state index in [2.05, 4.69) is 20.6 Å². The highest BCUT2D eigenvalue weighted by molar-refractivity contribution is 5.06. The molecule has 2 rings (SSSR count). The summed E-state index contributed by atoms with van der Waals surface area (Å²) < 4.78 is 3.36. The SMILES string of the molecule is Cn1cc(Cn2cc(C(C)(C)N)nn2)nn1. The lowest BCUT2D eigenvalue weighted by atomic mass is 10.0. The highest BCUT2D eigenvalue weighted by Gasteiger charge is 2.18. The van der Waals surface area contributed by atoms with Crippen LogP contribution in [-0.4, -0.2) is 30.0 Å². The van der Waals surface area contributed by atoms with E-state index in [1.807, 2.05) is 33.3 Å². The molecule has 86 valence electrons. The van der Waals surface area contributed by atoms with Gasteiger partial charge in [0, 0.05) is 13.2 Å². The van der Waals surface area contributed by atoms with E-state index in [4.69, 9.17) is 5.73 Å². The average Bonchev–Trinajstić information content (AvgIpc) is 2.74. The van der Waals surface area contributed by atoms with Gasteiger partial charge in [0.25, 0.3) is 0 Å². The summed E-state index contributed by atoms with van der Waals surface area (Å²) in [7, 11) is 1.83. The van der Waals surface area contributed by atoms with E-state index < -0.39 is 5.54 Å². The molecule has 7 nitrogen and oxygen atoms in total. The molecule has 0 fully saturated rings. The van der Waals surface area contributed by atoms with E-state index >= 15 is 0 Å². The zero-order chi connectivity index (χ0) is 11.8. The highest BCUT2D eigenvalue weighted by Crippen LogP contribution is 2.12. The van der Waals surface area contributed by atoms with Gasteiger partial charge in [0.15, 0.2) is 0 Å². The van der Waals surface area contributed by atoms with E-state index in [9.17, 15) is 0 Å². The lowest BCUT2D eigenvalue weighted by Crippen LogP contribution is -2.29. The highest BCUT2D eigenvalue weighted by atomic mass is 15.4. The second-order valence-corrected chi connectivity index (χ2v) is 4.41. The van der Waals surface area contributed by atoms with Crippen molar-refractivity contribution in [1.29, 1.82) is 0 Å². The summed E-state index contributed by atoms with van der Waals surface area (Å²) >= 11 is 0. The zero-order valence-corrected chi connectivity index (χ0v) is 9.62. The number of hydrogen-bond donors (Lipinski definition) is 1. The van der Waals surface area contributed by atoms with Gasteiger partial charge in [-0.2, -0.15) is 0 Å². The Balaban J connectivity index is 2.14. The number of aryl methyl sites for hydroxylation is 1. The fourth-order valence-electron chi connectivity index (χ4n) is 1.30. The first kappa shape index (κ1) is 10.7. The van der Waals surface area contributed by atoms with Crippen molar-refractivity contribution >= 4 is 0 Å². The molecule has 0 aliphatic heterocycles. The number of nitrogens with zero attached hydrogens (tertiary/aromatic N) is 6. The molecule has 2 aromatic heterocycles. The number of nitrogens with two attached hydrogens (primary N) is 1. The topological polar surface area (TPSA) is 87.4 Å². The minimum absolute atomic E-state index is 0.472. The van der Waals surface area contributed by atoms with Gasteiger partial charge in [0.2, 0.25) is 0 Å². The summed E-state index contributed by atoms with van der Waals surface area (Å²) in [5.74, 6) is 0. The fourth-order valence-corrected chi connectivity index (χ4v) is 1.30. The van der Waals surface area contributed by atoms with Crippen molar-refractivity contribution in [2.24, 2.45) is 12.8 Å². The molecule has 0 aromatic carbocycles. The van der Waals surface area contributed by atoms with Gasteiger partial charge in [-0.1, -0.05) is 10.4 Å². The van der Waals surface area contributed by atoms with E-state index in [1.54, 1.807) is 9.36 Å². The van der Waals surface area contributed by atoms with Crippen LogP contribution in [-0.2, 0) is 19.1 Å². The minimum atomic E-state index is -0.472. The lowest BCUT2D eigenvalue weighted by molar-refractivity contribution is 0.533. The van der Waals surface area contributed by atoms with Crippen molar-refractivity contribution in [2.45, 2.75) is 25.9 Å². The Labute approximate surface area is 93.2 Å². The second-order valence-electron chi connectivity index (χ2n) is 4.41. The van der Waals surface area contributed by atoms with Gasteiger partial charge in [-0.15, -0.1) is 10.2 Å². The van der Waals surface area contributed by atoms with Gasteiger partial charge < -0.3 is 5.73 Å². The fraction of sp³-hybridized carbons (Fsp3) is 0.556. The average molecular weight is 221 g/mol. The molecule has 7 heteroatoms. The molecular weight excluding hydrogens is 206 g/mol. The zero-order valence-electron chi connectivity index (χ0n) is 9.62. The molecule has 2 N–H and O–H groups in total. The Morgan fingerprint density at radius 1 is 1.25 bits per heavy atom. The molecule has 0 amide bonds. The van der Waals surface area contributed by atoms with Crippen LogP contribution >= 0.6 is 0 Å². The first-order chi connectivity index (χ1) is 7.45. The monoisotopic (exact) mass is 221 g/mol. The Morgan fingerprint density at radius 3 is 2.50 bits per heavy atom. The molecule has 0 aliphatic carbocycles. The van der Waals surface area contributed by atoms with Gasteiger partial charge in [-0.05, 0) is 13.8 Å². The summed E-state index contributed by atoms with van der Waals surface area (Å²) in [5.41, 5.74) is 7.05. The largest absolute Gasteiger partial charge is 0.320 e. The molecule has 0 atom stereocenters. The first-order valence-electron chi connectivity index (χ1n) is 5.00. The third-order valence-corrected chi connectivity index (χ3v) is 2.17. The number of hydrogen-bond acceptors (Lipinski definition) is 5. The molecule has 2 aromatic rings. The van der Waals surface area contributed by atoms with Crippen molar-refractivity contribution in [2.75, 3.05) is 0 Å². The van der Waals surface area contributed by atoms with Crippen molar-refractivity contribution in [3.63, 3.8) is 0 Å². The molecule has 0 aliphatic rings. The van der Waals surface area contributed by atoms with Crippen LogP contribution in [0.5, 0.6) is 0 Å². The summed E-state index contributed by atoms with van der Waals surface area (Å²) in [5, 5.41) is 15.8. The maximum atomic E-state index is 5.92. The molecule has 0 spiro atoms. The van der Waals surface area contributed by atoms with E-state index in [-0.39, 0.29) is 0 Å². The Morgan fingerprint density at radius 2 is 2.00 bits per heavy atom. The Bertz CT molecular complexity index is 476. The third kappa shape index (κ3) is 2.25. The van der Waals surface area contributed by atoms with Crippen LogP contribution in [0.2, 0.25) is 0 Å². The van der Waals surface area contributed by atoms with Gasteiger partial charge >= 0.3 is 0 Å². The van der Waals surface area contributed by atoms with Gasteiger partial charge in [-0.25, -0.2) is 4.68 Å². The number of aromatic nitrogens is 6. The van der Waals surface area contributed by atoms with Crippen LogP contribution in [0.25, 0.3) is 0 Å². The van der Waals surface area contributed by atoms with Gasteiger partial charge in [-0.3, -0.25) is 4.68 Å². The maximum absolute atomic E-state index is 5.92. The summed E-state index contributed by atoms with van der Waals surface area (Å²) in [6, 6.07) is 0. The van der Waals surface area contributed by atoms with Crippen LogP contribution in [0.15, 0.2) is 12.4 Å². The molecule has 0 bridgehead atoms. The van der Waals surface area contributed by atoms with Crippen LogP contribution in [0.3, 0.4) is 0 Å². The standard InChI is InChI=1S/C9H15N7/c1-9(2,10)8-6-16(14-12-8)5-7-4-15(3)13-11-7/h4,6H,5,10H2,1-3H3. The van der Waals surface area contributed by atoms with Crippen LogP contribution in [0.1, 0.15) is 25.2 Å². The Kier molecular flexibility index (Phi) is 2.47. The second kappa shape index (κ2) is 3.67. The molecule has 16 heavy (non-hydrogen) atoms.